The number of anilines is 2. The Morgan fingerprint density at radius 3 is 1.72 bits per heavy atom. The molecule has 0 spiro atoms. The van der Waals surface area contributed by atoms with Gasteiger partial charge in [0.25, 0.3) is 11.1 Å². The summed E-state index contributed by atoms with van der Waals surface area (Å²) in [6, 6.07) is 24.6. The Kier molecular flexibility index (Phi) is 12.8. The number of phenolic OH excluding ortho intramolecular Hbond substituents is 1. The summed E-state index contributed by atoms with van der Waals surface area (Å²) in [6.07, 6.45) is -0.568. The minimum absolute atomic E-state index is 0.00502. The molecule has 4 aromatic carbocycles. The number of aromatic hydroxyl groups is 1. The topological polar surface area (TPSA) is 185 Å². The summed E-state index contributed by atoms with van der Waals surface area (Å²) >= 11 is 9.31. The molecular formula is C34H32BBr3N6O6. The van der Waals surface area contributed by atoms with Gasteiger partial charge >= 0.3 is 9.28 Å². The maximum Gasteiger partial charge on any atom is 0.412 e. The number of aromatic amines is 2. The first-order valence-corrected chi connectivity index (χ1v) is 17.6. The first-order valence-electron chi connectivity index (χ1n) is 14.8. The van der Waals surface area contributed by atoms with E-state index in [-0.39, 0.29) is 20.1 Å². The number of nitrogens with one attached hydrogen (secondary N) is 3. The summed E-state index contributed by atoms with van der Waals surface area (Å²) in [6.45, 7) is 5.37. The molecule has 0 aliphatic carbocycles. The third-order valence-electron chi connectivity index (χ3n) is 6.81. The van der Waals surface area contributed by atoms with Crippen molar-refractivity contribution >= 4 is 89.5 Å². The van der Waals surface area contributed by atoms with Crippen molar-refractivity contribution < 1.29 is 19.4 Å². The van der Waals surface area contributed by atoms with Crippen LogP contribution in [0, 0.1) is 0 Å². The van der Waals surface area contributed by atoms with Crippen LogP contribution in [-0.4, -0.2) is 47.5 Å². The lowest BCUT2D eigenvalue weighted by molar-refractivity contribution is 0.0635. The molecule has 0 aliphatic rings. The zero-order valence-electron chi connectivity index (χ0n) is 27.3. The number of hydrogen-bond donors (Lipinski definition) is 5. The number of methoxy groups -OCH3 is 1. The minimum atomic E-state index is -0.601. The van der Waals surface area contributed by atoms with Crippen molar-refractivity contribution in [3.63, 3.8) is 0 Å². The summed E-state index contributed by atoms with van der Waals surface area (Å²) in [5.41, 5.74) is 7.93. The van der Waals surface area contributed by atoms with Gasteiger partial charge in [0.05, 0.1) is 40.6 Å². The molecule has 0 saturated carbocycles. The Morgan fingerprint density at radius 1 is 0.800 bits per heavy atom. The Balaban J connectivity index is 0.000000212. The SMILES string of the molecule is BrB(Br)Br.COc1cc(-c2n[nH]c(=O)c3ccccc23)ccc1NC(=O)OC(C)(C)C.Nc1ccc(-c2n[nH]c(=O)c3ccccc23)cc1O. The third-order valence-corrected chi connectivity index (χ3v) is 6.81. The van der Waals surface area contributed by atoms with E-state index in [1.54, 1.807) is 75.4 Å². The van der Waals surface area contributed by atoms with E-state index in [2.05, 4.69) is 73.0 Å². The van der Waals surface area contributed by atoms with Crippen molar-refractivity contribution in [3.8, 4) is 34.0 Å². The van der Waals surface area contributed by atoms with Gasteiger partial charge in [0.15, 0.2) is 0 Å². The molecule has 0 saturated heterocycles. The van der Waals surface area contributed by atoms with Gasteiger partial charge in [-0.15, -0.1) is 47.3 Å². The number of aromatic nitrogens is 4. The van der Waals surface area contributed by atoms with Crippen LogP contribution in [0.2, 0.25) is 0 Å². The number of nitrogen functional groups attached to an aromatic ring is 1. The molecule has 6 rings (SSSR count). The van der Waals surface area contributed by atoms with Crippen molar-refractivity contribution in [2.45, 2.75) is 26.4 Å². The normalized spacial score (nSPS) is 10.7. The van der Waals surface area contributed by atoms with Crippen LogP contribution in [0.4, 0.5) is 16.2 Å². The van der Waals surface area contributed by atoms with Gasteiger partial charge in [-0.25, -0.2) is 15.0 Å². The van der Waals surface area contributed by atoms with E-state index in [9.17, 15) is 19.5 Å². The summed E-state index contributed by atoms with van der Waals surface area (Å²) < 4.78 is 10.9. The standard InChI is InChI=1S/C20H21N3O4.C14H11N3O2.BBr3/c1-20(2,3)27-19(25)21-15-10-9-12(11-16(15)26-4)17-13-7-5-6-8-14(13)18(24)23-22-17;15-11-6-5-8(7-12(11)18)13-9-3-1-2-4-10(9)14(19)17-16-13;2-1(3)4/h5-11H,1-4H3,(H,21,25)(H,23,24);1-7,18H,15H2,(H,17,19);. The molecule has 50 heavy (non-hydrogen) atoms. The highest BCUT2D eigenvalue weighted by molar-refractivity contribution is 9.69. The van der Waals surface area contributed by atoms with E-state index in [1.807, 2.05) is 24.3 Å². The van der Waals surface area contributed by atoms with Crippen molar-refractivity contribution in [2.24, 2.45) is 0 Å². The average Bonchev–Trinajstić information content (AvgIpc) is 3.06. The van der Waals surface area contributed by atoms with Crippen LogP contribution in [0.3, 0.4) is 0 Å². The van der Waals surface area contributed by atoms with E-state index in [0.29, 0.717) is 44.8 Å². The third kappa shape index (κ3) is 9.95. The molecule has 6 aromatic rings. The minimum Gasteiger partial charge on any atom is -0.506 e. The van der Waals surface area contributed by atoms with Crippen molar-refractivity contribution in [1.29, 1.82) is 0 Å². The van der Waals surface area contributed by atoms with Gasteiger partial charge < -0.3 is 20.3 Å². The lowest BCUT2D eigenvalue weighted by Gasteiger charge is -2.20. The lowest BCUT2D eigenvalue weighted by Crippen LogP contribution is -2.27. The first kappa shape index (κ1) is 38.1. The van der Waals surface area contributed by atoms with E-state index >= 15 is 0 Å². The fourth-order valence-corrected chi connectivity index (χ4v) is 4.72. The number of nitrogens with zero attached hydrogens (tertiary/aromatic N) is 2. The number of fused-ring (bicyclic) bond motifs is 2. The Hall–Kier alpha value is -4.67. The number of nitrogens with two attached hydrogens (primary N) is 1. The molecule has 0 fully saturated rings. The number of benzene rings is 4. The fourth-order valence-electron chi connectivity index (χ4n) is 4.72. The van der Waals surface area contributed by atoms with Gasteiger partial charge in [-0.1, -0.05) is 48.5 Å². The van der Waals surface area contributed by atoms with Gasteiger partial charge in [0.2, 0.25) is 0 Å². The molecule has 0 aliphatic heterocycles. The van der Waals surface area contributed by atoms with Gasteiger partial charge in [-0.05, 0) is 57.2 Å². The van der Waals surface area contributed by atoms with Crippen molar-refractivity contribution in [1.82, 2.24) is 20.4 Å². The van der Waals surface area contributed by atoms with Gasteiger partial charge in [-0.2, -0.15) is 10.2 Å². The Labute approximate surface area is 311 Å². The fraction of sp³-hybridized carbons (Fsp3) is 0.147. The molecule has 1 amide bonds. The van der Waals surface area contributed by atoms with Crippen molar-refractivity contribution in [2.75, 3.05) is 18.2 Å². The molecule has 0 radical (unpaired) electrons. The molecule has 0 bridgehead atoms. The predicted octanol–water partition coefficient (Wildman–Crippen LogP) is 7.98. The number of ether oxygens (including phenoxy) is 2. The number of H-pyrrole nitrogens is 2. The molecule has 0 unspecified atom stereocenters. The van der Waals surface area contributed by atoms with Crippen molar-refractivity contribution in [3.05, 3.63) is 106 Å². The zero-order valence-corrected chi connectivity index (χ0v) is 32.0. The zero-order chi connectivity index (χ0) is 36.6. The van der Waals surface area contributed by atoms with Crippen LogP contribution in [0.15, 0.2) is 94.5 Å². The number of halogens is 3. The van der Waals surface area contributed by atoms with Crippen LogP contribution in [0.1, 0.15) is 20.8 Å². The molecule has 6 N–H and O–H groups in total. The summed E-state index contributed by atoms with van der Waals surface area (Å²) in [5.74, 6) is 0.449. The largest absolute Gasteiger partial charge is 0.506 e. The maximum atomic E-state index is 12.0. The number of phenols is 1. The second-order valence-corrected chi connectivity index (χ2v) is 17.9. The second-order valence-electron chi connectivity index (χ2n) is 11.5. The number of hydrogen-bond acceptors (Lipinski definition) is 9. The molecule has 16 heteroatoms. The van der Waals surface area contributed by atoms with E-state index in [0.717, 1.165) is 16.3 Å². The molecule has 2 aromatic heterocycles. The van der Waals surface area contributed by atoms with Crippen LogP contribution < -0.4 is 26.9 Å². The summed E-state index contributed by atoms with van der Waals surface area (Å²) in [7, 11) is 1.51. The van der Waals surface area contributed by atoms with Gasteiger partial charge in [0.1, 0.15) is 17.1 Å². The summed E-state index contributed by atoms with van der Waals surface area (Å²) in [5, 5.41) is 28.1. The quantitative estimate of drug-likeness (QED) is 0.0666. The number of carbonyl (C=O) groups excluding carboxylic acids is 1. The highest BCUT2D eigenvalue weighted by Gasteiger charge is 2.18. The van der Waals surface area contributed by atoms with E-state index in [4.69, 9.17) is 15.2 Å². The van der Waals surface area contributed by atoms with Crippen LogP contribution in [-0.2, 0) is 4.74 Å². The molecule has 2 heterocycles. The van der Waals surface area contributed by atoms with E-state index in [1.165, 1.54) is 13.2 Å². The second kappa shape index (κ2) is 16.8. The summed E-state index contributed by atoms with van der Waals surface area (Å²) in [4.78, 5) is 35.7. The molecular weight excluding hydrogens is 839 g/mol. The smallest absolute Gasteiger partial charge is 0.412 e. The van der Waals surface area contributed by atoms with Crippen LogP contribution in [0.5, 0.6) is 11.5 Å². The monoisotopic (exact) mass is 868 g/mol. The number of amides is 1. The highest BCUT2D eigenvalue weighted by Crippen LogP contribution is 2.33. The molecule has 0 atom stereocenters. The molecule has 12 nitrogen and oxygen atoms in total. The lowest BCUT2D eigenvalue weighted by atomic mass is 10.0. The first-order chi connectivity index (χ1) is 23.7. The maximum absolute atomic E-state index is 12.0. The van der Waals surface area contributed by atoms with Crippen LogP contribution >= 0.6 is 47.3 Å². The highest BCUT2D eigenvalue weighted by atomic mass is 79.9. The average molecular weight is 871 g/mol. The van der Waals surface area contributed by atoms with Gasteiger partial charge in [0, 0.05) is 21.9 Å². The van der Waals surface area contributed by atoms with E-state index < -0.39 is 11.7 Å². The number of carbonyl (C=O) groups is 1. The van der Waals surface area contributed by atoms with Gasteiger partial charge in [-0.3, -0.25) is 14.9 Å². The Morgan fingerprint density at radius 2 is 1.26 bits per heavy atom. The molecule has 258 valence electrons. The van der Waals surface area contributed by atoms with Crippen LogP contribution in [0.25, 0.3) is 44.1 Å². The Bertz CT molecular complexity index is 2260. The predicted molar refractivity (Wildman–Crippen MR) is 211 cm³/mol. The number of rotatable bonds is 4.